The summed E-state index contributed by atoms with van der Waals surface area (Å²) in [6.07, 6.45) is 0.331. The van der Waals surface area contributed by atoms with Crippen molar-refractivity contribution in [3.05, 3.63) is 89.0 Å². The predicted molar refractivity (Wildman–Crippen MR) is 127 cm³/mol. The van der Waals surface area contributed by atoms with Crippen molar-refractivity contribution >= 4 is 5.97 Å². The molecule has 1 aliphatic rings. The average molecular weight is 447 g/mol. The summed E-state index contributed by atoms with van der Waals surface area (Å²) in [7, 11) is 0. The van der Waals surface area contributed by atoms with Crippen LogP contribution in [-0.4, -0.2) is 25.8 Å². The van der Waals surface area contributed by atoms with E-state index in [-0.39, 0.29) is 11.4 Å². The monoisotopic (exact) mass is 446 g/mol. The van der Waals surface area contributed by atoms with E-state index in [0.717, 1.165) is 39.5 Å². The Bertz CT molecular complexity index is 1060. The molecule has 0 saturated carbocycles. The number of hydrogen-bond acceptors (Lipinski definition) is 5. The minimum absolute atomic E-state index is 0.189. The molecule has 1 fully saturated rings. The SMILES string of the molecule is CCOC(=O)CC1(c2ccc(OCc3ccc(Oc4c(C)cccc4C)cc3)cc2)COC1. The fourth-order valence-corrected chi connectivity index (χ4v) is 4.01. The lowest BCUT2D eigenvalue weighted by Crippen LogP contribution is -2.48. The summed E-state index contributed by atoms with van der Waals surface area (Å²) in [5, 5.41) is 0. The smallest absolute Gasteiger partial charge is 0.306 e. The first-order valence-electron chi connectivity index (χ1n) is 11.3. The van der Waals surface area contributed by atoms with Gasteiger partial charge in [-0.3, -0.25) is 4.79 Å². The van der Waals surface area contributed by atoms with Gasteiger partial charge in [0.15, 0.2) is 0 Å². The molecule has 1 heterocycles. The van der Waals surface area contributed by atoms with Gasteiger partial charge in [0.1, 0.15) is 23.9 Å². The van der Waals surface area contributed by atoms with E-state index < -0.39 is 0 Å². The lowest BCUT2D eigenvalue weighted by molar-refractivity contribution is -0.151. The molecular weight excluding hydrogens is 416 g/mol. The molecule has 1 aliphatic heterocycles. The van der Waals surface area contributed by atoms with Crippen molar-refractivity contribution in [2.45, 2.75) is 39.2 Å². The Hall–Kier alpha value is -3.31. The summed E-state index contributed by atoms with van der Waals surface area (Å²) in [6, 6.07) is 22.0. The topological polar surface area (TPSA) is 54.0 Å². The molecule has 1 saturated heterocycles. The Kier molecular flexibility index (Phi) is 6.99. The first-order chi connectivity index (χ1) is 16.0. The lowest BCUT2D eigenvalue weighted by Gasteiger charge is -2.41. The lowest BCUT2D eigenvalue weighted by atomic mass is 9.76. The second-order valence-electron chi connectivity index (χ2n) is 8.53. The van der Waals surface area contributed by atoms with Gasteiger partial charge in [-0.25, -0.2) is 0 Å². The van der Waals surface area contributed by atoms with Gasteiger partial charge < -0.3 is 18.9 Å². The molecule has 5 nitrogen and oxygen atoms in total. The van der Waals surface area contributed by atoms with Crippen LogP contribution in [0, 0.1) is 13.8 Å². The number of aryl methyl sites for hydroxylation is 2. The van der Waals surface area contributed by atoms with E-state index in [1.165, 1.54) is 0 Å². The Morgan fingerprint density at radius 3 is 2.12 bits per heavy atom. The Labute approximate surface area is 195 Å². The van der Waals surface area contributed by atoms with E-state index in [2.05, 4.69) is 0 Å². The molecule has 0 aromatic heterocycles. The van der Waals surface area contributed by atoms with E-state index in [9.17, 15) is 4.79 Å². The number of ether oxygens (including phenoxy) is 4. The number of hydrogen-bond donors (Lipinski definition) is 0. The second-order valence-corrected chi connectivity index (χ2v) is 8.53. The molecule has 0 N–H and O–H groups in total. The summed E-state index contributed by atoms with van der Waals surface area (Å²) in [6.45, 7) is 7.82. The van der Waals surface area contributed by atoms with Crippen molar-refractivity contribution < 1.29 is 23.7 Å². The normalized spacial score (nSPS) is 14.3. The van der Waals surface area contributed by atoms with Crippen LogP contribution in [0.3, 0.4) is 0 Å². The zero-order valence-electron chi connectivity index (χ0n) is 19.4. The first kappa shape index (κ1) is 22.9. The number of carbonyl (C=O) groups is 1. The number of para-hydroxylation sites is 1. The molecule has 3 aromatic rings. The van der Waals surface area contributed by atoms with E-state index in [0.29, 0.717) is 32.8 Å². The van der Waals surface area contributed by atoms with Gasteiger partial charge in [-0.2, -0.15) is 0 Å². The van der Waals surface area contributed by atoms with Crippen LogP contribution in [0.4, 0.5) is 0 Å². The number of esters is 1. The minimum atomic E-state index is -0.296. The maximum atomic E-state index is 12.0. The fourth-order valence-electron chi connectivity index (χ4n) is 4.01. The molecule has 33 heavy (non-hydrogen) atoms. The molecular formula is C28H30O5. The van der Waals surface area contributed by atoms with Gasteiger partial charge >= 0.3 is 5.97 Å². The molecule has 0 unspecified atom stereocenters. The zero-order chi connectivity index (χ0) is 23.3. The van der Waals surface area contributed by atoms with Crippen molar-refractivity contribution in [3.63, 3.8) is 0 Å². The Morgan fingerprint density at radius 1 is 0.909 bits per heavy atom. The van der Waals surface area contributed by atoms with Crippen molar-refractivity contribution in [3.8, 4) is 17.2 Å². The zero-order valence-corrected chi connectivity index (χ0v) is 19.4. The van der Waals surface area contributed by atoms with Crippen LogP contribution in [-0.2, 0) is 26.3 Å². The summed E-state index contributed by atoms with van der Waals surface area (Å²) in [5.41, 5.74) is 4.06. The third-order valence-electron chi connectivity index (χ3n) is 5.97. The van der Waals surface area contributed by atoms with Crippen LogP contribution in [0.15, 0.2) is 66.7 Å². The highest BCUT2D eigenvalue weighted by atomic mass is 16.5. The van der Waals surface area contributed by atoms with E-state index in [1.807, 2.05) is 87.5 Å². The predicted octanol–water partition coefficient (Wildman–Crippen LogP) is 5.90. The summed E-state index contributed by atoms with van der Waals surface area (Å²) < 4.78 is 22.6. The fraction of sp³-hybridized carbons (Fsp3) is 0.321. The summed E-state index contributed by atoms with van der Waals surface area (Å²) >= 11 is 0. The second kappa shape index (κ2) is 10.1. The van der Waals surface area contributed by atoms with Gasteiger partial charge in [0.25, 0.3) is 0 Å². The van der Waals surface area contributed by atoms with Crippen molar-refractivity contribution in [2.75, 3.05) is 19.8 Å². The van der Waals surface area contributed by atoms with E-state index >= 15 is 0 Å². The van der Waals surface area contributed by atoms with Crippen LogP contribution in [0.1, 0.15) is 35.6 Å². The third-order valence-corrected chi connectivity index (χ3v) is 5.97. The molecule has 0 amide bonds. The third kappa shape index (κ3) is 5.37. The Balaban J connectivity index is 1.34. The molecule has 0 atom stereocenters. The van der Waals surface area contributed by atoms with Gasteiger partial charge in [0, 0.05) is 0 Å². The van der Waals surface area contributed by atoms with Crippen LogP contribution in [0.5, 0.6) is 17.2 Å². The van der Waals surface area contributed by atoms with Gasteiger partial charge in [-0.05, 0) is 67.3 Å². The van der Waals surface area contributed by atoms with Crippen molar-refractivity contribution in [2.24, 2.45) is 0 Å². The van der Waals surface area contributed by atoms with Crippen molar-refractivity contribution in [1.82, 2.24) is 0 Å². The summed E-state index contributed by atoms with van der Waals surface area (Å²) in [4.78, 5) is 12.0. The maximum Gasteiger partial charge on any atom is 0.306 e. The molecule has 3 aromatic carbocycles. The van der Waals surface area contributed by atoms with Crippen molar-refractivity contribution in [1.29, 1.82) is 0 Å². The van der Waals surface area contributed by atoms with E-state index in [4.69, 9.17) is 18.9 Å². The molecule has 0 radical (unpaired) electrons. The van der Waals surface area contributed by atoms with Gasteiger partial charge in [0.05, 0.1) is 31.7 Å². The van der Waals surface area contributed by atoms with E-state index in [1.54, 1.807) is 0 Å². The van der Waals surface area contributed by atoms with Crippen LogP contribution < -0.4 is 9.47 Å². The largest absolute Gasteiger partial charge is 0.489 e. The average Bonchev–Trinajstić information content (AvgIpc) is 2.79. The minimum Gasteiger partial charge on any atom is -0.489 e. The van der Waals surface area contributed by atoms with Crippen LogP contribution >= 0.6 is 0 Å². The molecule has 0 spiro atoms. The Morgan fingerprint density at radius 2 is 1.55 bits per heavy atom. The molecule has 5 heteroatoms. The maximum absolute atomic E-state index is 12.0. The van der Waals surface area contributed by atoms with Gasteiger partial charge in [0.2, 0.25) is 0 Å². The number of benzene rings is 3. The summed E-state index contributed by atoms with van der Waals surface area (Å²) in [5.74, 6) is 2.29. The highest BCUT2D eigenvalue weighted by molar-refractivity contribution is 5.72. The molecule has 172 valence electrons. The number of rotatable bonds is 9. The highest BCUT2D eigenvalue weighted by Crippen LogP contribution is 2.37. The number of carbonyl (C=O) groups excluding carboxylic acids is 1. The van der Waals surface area contributed by atoms with Gasteiger partial charge in [-0.1, -0.05) is 42.5 Å². The van der Waals surface area contributed by atoms with Crippen LogP contribution in [0.2, 0.25) is 0 Å². The standard InChI is InChI=1S/C28H30O5/c1-4-31-26(29)16-28(18-30-19-28)23-10-14-24(15-11-23)32-17-22-8-12-25(13-9-22)33-27-20(2)6-5-7-21(27)3/h5-15H,4,16-19H2,1-3H3. The molecule has 4 rings (SSSR count). The quantitative estimate of drug-likeness (QED) is 0.383. The first-order valence-corrected chi connectivity index (χ1v) is 11.3. The van der Waals surface area contributed by atoms with Crippen LogP contribution in [0.25, 0.3) is 0 Å². The highest BCUT2D eigenvalue weighted by Gasteiger charge is 2.42. The van der Waals surface area contributed by atoms with Gasteiger partial charge in [-0.15, -0.1) is 0 Å². The molecule has 0 bridgehead atoms. The molecule has 0 aliphatic carbocycles.